The van der Waals surface area contributed by atoms with Gasteiger partial charge in [-0.2, -0.15) is 0 Å². The Bertz CT molecular complexity index is 1150. The van der Waals surface area contributed by atoms with Crippen molar-refractivity contribution in [2.75, 3.05) is 30.4 Å². The van der Waals surface area contributed by atoms with Gasteiger partial charge in [0.1, 0.15) is 17.7 Å². The summed E-state index contributed by atoms with van der Waals surface area (Å²) in [4.78, 5) is 22.8. The number of amides is 1. The number of imidazole rings is 1. The zero-order valence-electron chi connectivity index (χ0n) is 18.5. The van der Waals surface area contributed by atoms with Crippen LogP contribution in [0.3, 0.4) is 0 Å². The molecule has 170 valence electrons. The summed E-state index contributed by atoms with van der Waals surface area (Å²) in [7, 11) is 3.34. The van der Waals surface area contributed by atoms with Crippen molar-refractivity contribution in [1.29, 1.82) is 0 Å². The van der Waals surface area contributed by atoms with E-state index in [9.17, 15) is 9.18 Å². The third-order valence-corrected chi connectivity index (χ3v) is 5.43. The van der Waals surface area contributed by atoms with Crippen molar-refractivity contribution in [3.8, 4) is 5.88 Å². The van der Waals surface area contributed by atoms with Crippen LogP contribution in [0, 0.1) is 0 Å². The molecule has 3 aromatic rings. The summed E-state index contributed by atoms with van der Waals surface area (Å²) < 4.78 is 23.6. The normalized spacial score (nSPS) is 18.4. The van der Waals surface area contributed by atoms with Crippen LogP contribution in [0.25, 0.3) is 5.65 Å². The molecule has 2 N–H and O–H groups in total. The minimum Gasteiger partial charge on any atom is -0.478 e. The van der Waals surface area contributed by atoms with E-state index in [0.29, 0.717) is 35.4 Å². The number of rotatable bonds is 7. The number of halogens is 1. The molecular weight excluding hydrogens is 415 g/mol. The number of carbonyl (C=O) groups is 1. The molecule has 10 nitrogen and oxygen atoms in total. The molecular formula is C21H27FN8O2. The lowest BCUT2D eigenvalue weighted by Gasteiger charge is -2.19. The Morgan fingerprint density at radius 2 is 2.16 bits per heavy atom. The van der Waals surface area contributed by atoms with Crippen molar-refractivity contribution in [2.45, 2.75) is 32.0 Å². The van der Waals surface area contributed by atoms with Gasteiger partial charge in [-0.05, 0) is 12.0 Å². The Labute approximate surface area is 185 Å². The second-order valence-electron chi connectivity index (χ2n) is 8.07. The average Bonchev–Trinajstić information content (AvgIpc) is 3.44. The Hall–Kier alpha value is -3.63. The number of ether oxygens (including phenoxy) is 1. The maximum Gasteiger partial charge on any atom is 0.256 e. The molecule has 0 aromatic carbocycles. The number of fused-ring (bicyclic) bond motifs is 1. The average molecular weight is 442 g/mol. The zero-order chi connectivity index (χ0) is 23.0. The molecule has 11 heteroatoms. The summed E-state index contributed by atoms with van der Waals surface area (Å²) in [5, 5.41) is 10.2. The number of carbonyl (C=O) groups excluding carboxylic acids is 1. The molecule has 1 fully saturated rings. The molecule has 1 aliphatic rings. The van der Waals surface area contributed by atoms with E-state index in [1.165, 1.54) is 0 Å². The Kier molecular flexibility index (Phi) is 5.72. The summed E-state index contributed by atoms with van der Waals surface area (Å²) >= 11 is 0. The fourth-order valence-electron chi connectivity index (χ4n) is 3.82. The third-order valence-electron chi connectivity index (χ3n) is 5.43. The van der Waals surface area contributed by atoms with Crippen LogP contribution in [-0.2, 0) is 11.8 Å². The van der Waals surface area contributed by atoms with Crippen LogP contribution < -0.4 is 20.3 Å². The predicted molar refractivity (Wildman–Crippen MR) is 119 cm³/mol. The summed E-state index contributed by atoms with van der Waals surface area (Å²) in [5.74, 6) is 1.31. The van der Waals surface area contributed by atoms with Gasteiger partial charge in [0.2, 0.25) is 5.91 Å². The number of methoxy groups -OCH3 is 1. The number of anilines is 3. The van der Waals surface area contributed by atoms with Gasteiger partial charge in [0, 0.05) is 25.5 Å². The van der Waals surface area contributed by atoms with Crippen molar-refractivity contribution in [3.05, 3.63) is 36.9 Å². The van der Waals surface area contributed by atoms with E-state index in [-0.39, 0.29) is 12.5 Å². The summed E-state index contributed by atoms with van der Waals surface area (Å²) in [6.45, 7) is 7.99. The van der Waals surface area contributed by atoms with E-state index in [4.69, 9.17) is 9.72 Å². The quantitative estimate of drug-likeness (QED) is 0.541. The highest BCUT2D eigenvalue weighted by atomic mass is 19.1. The summed E-state index contributed by atoms with van der Waals surface area (Å²) in [6.07, 6.45) is 5.37. The van der Waals surface area contributed by atoms with Crippen LogP contribution in [-0.4, -0.2) is 62.5 Å². The molecule has 2 atom stereocenters. The largest absolute Gasteiger partial charge is 0.478 e. The number of aryl methyl sites for hydroxylation is 1. The fourth-order valence-corrected chi connectivity index (χ4v) is 3.82. The van der Waals surface area contributed by atoms with Gasteiger partial charge in [0.25, 0.3) is 5.88 Å². The van der Waals surface area contributed by atoms with Crippen molar-refractivity contribution >= 4 is 28.9 Å². The highest BCUT2D eigenvalue weighted by Crippen LogP contribution is 2.31. The lowest BCUT2D eigenvalue weighted by atomic mass is 10.1. The lowest BCUT2D eigenvalue weighted by Crippen LogP contribution is -2.40. The summed E-state index contributed by atoms with van der Waals surface area (Å²) in [6, 6.07) is -0.639. The Morgan fingerprint density at radius 1 is 1.38 bits per heavy atom. The molecule has 0 radical (unpaired) electrons. The molecule has 2 unspecified atom stereocenters. The number of hydrogen-bond acceptors (Lipinski definition) is 7. The number of nitrogens with zero attached hydrogens (tertiary/aromatic N) is 6. The molecule has 32 heavy (non-hydrogen) atoms. The molecule has 0 aliphatic carbocycles. The van der Waals surface area contributed by atoms with Crippen LogP contribution in [0.2, 0.25) is 0 Å². The van der Waals surface area contributed by atoms with E-state index in [1.54, 1.807) is 25.0 Å². The van der Waals surface area contributed by atoms with Crippen LogP contribution in [0.5, 0.6) is 5.88 Å². The standard InChI is InChI=1S/C21H27FN8O2/c1-6-18(31)24-14-10-29(8-13(14)22)17-11-30-16(12(2)3)7-23-20(30)19(26-17)25-15-9-28(4)27-21(15)32-5/h6-7,9,11-14H,1,8,10H2,2-5H3,(H,24,31)(H,25,26). The molecule has 1 aliphatic heterocycles. The zero-order valence-corrected chi connectivity index (χ0v) is 18.5. The first-order valence-electron chi connectivity index (χ1n) is 10.3. The highest BCUT2D eigenvalue weighted by Gasteiger charge is 2.35. The van der Waals surface area contributed by atoms with E-state index in [1.807, 2.05) is 21.7 Å². The van der Waals surface area contributed by atoms with Crippen molar-refractivity contribution in [1.82, 2.24) is 29.5 Å². The van der Waals surface area contributed by atoms with E-state index in [0.717, 1.165) is 11.8 Å². The number of nitrogens with one attached hydrogen (secondary N) is 2. The first-order chi connectivity index (χ1) is 15.3. The first kappa shape index (κ1) is 21.6. The molecule has 0 spiro atoms. The molecule has 3 aromatic heterocycles. The molecule has 0 saturated carbocycles. The van der Waals surface area contributed by atoms with Crippen LogP contribution in [0.15, 0.2) is 31.2 Å². The molecule has 1 amide bonds. The number of alkyl halides is 1. The van der Waals surface area contributed by atoms with Crippen molar-refractivity contribution in [2.24, 2.45) is 7.05 Å². The van der Waals surface area contributed by atoms with Gasteiger partial charge in [-0.1, -0.05) is 20.4 Å². The van der Waals surface area contributed by atoms with Gasteiger partial charge in [0.05, 0.1) is 32.1 Å². The first-order valence-corrected chi connectivity index (χ1v) is 10.3. The Balaban J connectivity index is 1.74. The fraction of sp³-hybridized carbons (Fsp3) is 0.429. The van der Waals surface area contributed by atoms with Gasteiger partial charge in [-0.15, -0.1) is 5.10 Å². The van der Waals surface area contributed by atoms with Gasteiger partial charge in [-0.3, -0.25) is 13.9 Å². The molecule has 1 saturated heterocycles. The van der Waals surface area contributed by atoms with Gasteiger partial charge in [-0.25, -0.2) is 14.4 Å². The van der Waals surface area contributed by atoms with Crippen LogP contribution >= 0.6 is 0 Å². The molecule has 4 rings (SSSR count). The highest BCUT2D eigenvalue weighted by molar-refractivity contribution is 5.87. The topological polar surface area (TPSA) is 102 Å². The van der Waals surface area contributed by atoms with E-state index >= 15 is 0 Å². The maximum atomic E-state index is 14.6. The lowest BCUT2D eigenvalue weighted by molar-refractivity contribution is -0.117. The minimum atomic E-state index is -1.22. The number of aromatic nitrogens is 5. The smallest absolute Gasteiger partial charge is 0.256 e. The monoisotopic (exact) mass is 442 g/mol. The second kappa shape index (κ2) is 8.48. The van der Waals surface area contributed by atoms with Crippen LogP contribution in [0.4, 0.5) is 21.7 Å². The van der Waals surface area contributed by atoms with E-state index < -0.39 is 18.1 Å². The van der Waals surface area contributed by atoms with Gasteiger partial charge < -0.3 is 20.3 Å². The van der Waals surface area contributed by atoms with Crippen molar-refractivity contribution in [3.63, 3.8) is 0 Å². The predicted octanol–water partition coefficient (Wildman–Crippen LogP) is 2.17. The van der Waals surface area contributed by atoms with E-state index in [2.05, 4.69) is 41.1 Å². The van der Waals surface area contributed by atoms with Gasteiger partial charge >= 0.3 is 0 Å². The number of hydrogen-bond donors (Lipinski definition) is 2. The minimum absolute atomic E-state index is 0.113. The SMILES string of the molecule is C=CC(=O)NC1CN(c2cn3c(C(C)C)cnc3c(Nc3cn(C)nc3OC)n2)CC1F. The van der Waals surface area contributed by atoms with Crippen molar-refractivity contribution < 1.29 is 13.9 Å². The molecule has 0 bridgehead atoms. The van der Waals surface area contributed by atoms with Gasteiger partial charge in [0.15, 0.2) is 11.5 Å². The Morgan fingerprint density at radius 3 is 2.84 bits per heavy atom. The molecule has 4 heterocycles. The third kappa shape index (κ3) is 3.97. The summed E-state index contributed by atoms with van der Waals surface area (Å²) in [5.41, 5.74) is 2.27. The second-order valence-corrected chi connectivity index (χ2v) is 8.07. The maximum absolute atomic E-state index is 14.6. The van der Waals surface area contributed by atoms with Crippen LogP contribution in [0.1, 0.15) is 25.5 Å².